The van der Waals surface area contributed by atoms with Crippen molar-refractivity contribution in [3.8, 4) is 0 Å². The Kier molecular flexibility index (Phi) is 2.63. The van der Waals surface area contributed by atoms with Gasteiger partial charge in [-0.2, -0.15) is 5.10 Å². The Morgan fingerprint density at radius 1 is 1.77 bits per heavy atom. The Morgan fingerprint density at radius 2 is 2.46 bits per heavy atom. The molecule has 1 heterocycles. The van der Waals surface area contributed by atoms with Crippen LogP contribution < -0.4 is 11.2 Å². The van der Waals surface area contributed by atoms with Gasteiger partial charge in [0, 0.05) is 0 Å². The predicted molar refractivity (Wildman–Crippen MR) is 46.2 cm³/mol. The molecule has 0 aromatic carbocycles. The van der Waals surface area contributed by atoms with Crippen LogP contribution in [-0.4, -0.2) is 16.9 Å². The number of hydrazone groups is 1. The highest BCUT2D eigenvalue weighted by Gasteiger charge is 2.05. The third-order valence-electron chi connectivity index (χ3n) is 1.47. The Bertz CT molecular complexity index is 342. The molecule has 3 N–H and O–H groups in total. The minimum atomic E-state index is -0.701. The molecular formula is C7H10N4O2. The van der Waals surface area contributed by atoms with Gasteiger partial charge in [-0.1, -0.05) is 5.16 Å². The first kappa shape index (κ1) is 9.24. The largest absolute Gasteiger partial charge is 0.361 e. The number of hydrogen-bond acceptors (Lipinski definition) is 4. The number of amides is 2. The first-order valence-electron chi connectivity index (χ1n) is 3.62. The molecule has 13 heavy (non-hydrogen) atoms. The number of nitrogens with two attached hydrogens (primary N) is 1. The molecule has 0 aliphatic carbocycles. The van der Waals surface area contributed by atoms with E-state index in [1.807, 2.05) is 0 Å². The lowest BCUT2D eigenvalue weighted by Crippen LogP contribution is -2.25. The molecule has 0 aliphatic heterocycles. The molecule has 6 nitrogen and oxygen atoms in total. The summed E-state index contributed by atoms with van der Waals surface area (Å²) in [4.78, 5) is 10.3. The maximum absolute atomic E-state index is 10.3. The van der Waals surface area contributed by atoms with Crippen LogP contribution in [-0.2, 0) is 0 Å². The molecule has 70 valence electrons. The van der Waals surface area contributed by atoms with Gasteiger partial charge in [0.25, 0.3) is 0 Å². The topological polar surface area (TPSA) is 93.5 Å². The summed E-state index contributed by atoms with van der Waals surface area (Å²) in [6, 6.07) is -0.701. The summed E-state index contributed by atoms with van der Waals surface area (Å²) in [5, 5.41) is 7.29. The van der Waals surface area contributed by atoms with E-state index in [4.69, 9.17) is 10.3 Å². The highest BCUT2D eigenvalue weighted by molar-refractivity contribution is 5.99. The van der Waals surface area contributed by atoms with Crippen LogP contribution in [0.3, 0.4) is 0 Å². The summed E-state index contributed by atoms with van der Waals surface area (Å²) in [6.45, 7) is 3.47. The molecule has 0 unspecified atom stereocenters. The maximum Gasteiger partial charge on any atom is 0.332 e. The summed E-state index contributed by atoms with van der Waals surface area (Å²) in [5.41, 5.74) is 8.29. The van der Waals surface area contributed by atoms with Crippen molar-refractivity contribution in [3.63, 3.8) is 0 Å². The van der Waals surface area contributed by atoms with Gasteiger partial charge >= 0.3 is 6.03 Å². The first-order valence-corrected chi connectivity index (χ1v) is 3.62. The summed E-state index contributed by atoms with van der Waals surface area (Å²) >= 11 is 0. The van der Waals surface area contributed by atoms with E-state index in [2.05, 4.69) is 15.7 Å². The van der Waals surface area contributed by atoms with Crippen LogP contribution >= 0.6 is 0 Å². The van der Waals surface area contributed by atoms with E-state index in [1.165, 1.54) is 6.20 Å². The number of carbonyl (C=O) groups is 1. The van der Waals surface area contributed by atoms with E-state index in [1.54, 1.807) is 13.8 Å². The minimum Gasteiger partial charge on any atom is -0.361 e. The number of carbonyl (C=O) groups excluding carboxylic acids is 1. The van der Waals surface area contributed by atoms with E-state index in [0.29, 0.717) is 11.5 Å². The molecule has 1 rings (SSSR count). The predicted octanol–water partition coefficient (Wildman–Crippen LogP) is 0.375. The lowest BCUT2D eigenvalue weighted by atomic mass is 10.2. The smallest absolute Gasteiger partial charge is 0.332 e. The van der Waals surface area contributed by atoms with Gasteiger partial charge in [-0.3, -0.25) is 0 Å². The van der Waals surface area contributed by atoms with E-state index < -0.39 is 6.03 Å². The molecule has 0 radical (unpaired) electrons. The van der Waals surface area contributed by atoms with Crippen LogP contribution in [0, 0.1) is 6.92 Å². The third kappa shape index (κ3) is 2.29. The van der Waals surface area contributed by atoms with Crippen molar-refractivity contribution in [2.75, 3.05) is 0 Å². The zero-order valence-electron chi connectivity index (χ0n) is 7.37. The SMILES string of the molecule is CC(=NNC(N)=O)c1cnoc1C. The van der Waals surface area contributed by atoms with Crippen molar-refractivity contribution >= 4 is 11.7 Å². The Balaban J connectivity index is 2.78. The van der Waals surface area contributed by atoms with Crippen molar-refractivity contribution < 1.29 is 9.32 Å². The third-order valence-corrected chi connectivity index (χ3v) is 1.47. The van der Waals surface area contributed by atoms with Crippen molar-refractivity contribution in [2.24, 2.45) is 10.8 Å². The molecule has 1 aromatic rings. The van der Waals surface area contributed by atoms with Gasteiger partial charge in [0.05, 0.1) is 17.5 Å². The molecule has 0 bridgehead atoms. The van der Waals surface area contributed by atoms with Crippen LogP contribution in [0.1, 0.15) is 18.2 Å². The second-order valence-corrected chi connectivity index (χ2v) is 2.47. The summed E-state index contributed by atoms with van der Waals surface area (Å²) in [5.74, 6) is 0.646. The van der Waals surface area contributed by atoms with E-state index >= 15 is 0 Å². The lowest BCUT2D eigenvalue weighted by molar-refractivity contribution is 0.249. The normalized spacial score (nSPS) is 11.4. The Morgan fingerprint density at radius 3 is 2.92 bits per heavy atom. The highest BCUT2D eigenvalue weighted by atomic mass is 16.5. The molecule has 2 amide bonds. The van der Waals surface area contributed by atoms with Gasteiger partial charge < -0.3 is 10.3 Å². The Labute approximate surface area is 74.8 Å². The van der Waals surface area contributed by atoms with Gasteiger partial charge in [0.15, 0.2) is 0 Å². The van der Waals surface area contributed by atoms with E-state index in [9.17, 15) is 4.79 Å². The van der Waals surface area contributed by atoms with Crippen molar-refractivity contribution in [3.05, 3.63) is 17.5 Å². The molecule has 0 atom stereocenters. The fraction of sp³-hybridized carbons (Fsp3) is 0.286. The van der Waals surface area contributed by atoms with Crippen LogP contribution in [0.25, 0.3) is 0 Å². The quantitative estimate of drug-likeness (QED) is 0.511. The molecule has 0 aliphatic rings. The van der Waals surface area contributed by atoms with Crippen LogP contribution in [0.5, 0.6) is 0 Å². The van der Waals surface area contributed by atoms with Crippen LogP contribution in [0.15, 0.2) is 15.8 Å². The van der Waals surface area contributed by atoms with Gasteiger partial charge in [-0.05, 0) is 13.8 Å². The second kappa shape index (κ2) is 3.70. The van der Waals surface area contributed by atoms with Gasteiger partial charge in [0.1, 0.15) is 5.76 Å². The molecule has 0 fully saturated rings. The number of urea groups is 1. The van der Waals surface area contributed by atoms with Gasteiger partial charge in [-0.15, -0.1) is 0 Å². The van der Waals surface area contributed by atoms with Gasteiger partial charge in [-0.25, -0.2) is 10.2 Å². The highest BCUT2D eigenvalue weighted by Crippen LogP contribution is 2.06. The average molecular weight is 182 g/mol. The molecular weight excluding hydrogens is 172 g/mol. The van der Waals surface area contributed by atoms with Crippen LogP contribution in [0.4, 0.5) is 4.79 Å². The maximum atomic E-state index is 10.3. The summed E-state index contributed by atoms with van der Waals surface area (Å²) in [7, 11) is 0. The first-order chi connectivity index (χ1) is 6.11. The molecule has 0 spiro atoms. The number of aryl methyl sites for hydroxylation is 1. The summed E-state index contributed by atoms with van der Waals surface area (Å²) < 4.78 is 4.82. The van der Waals surface area contributed by atoms with Crippen LogP contribution in [0.2, 0.25) is 0 Å². The molecule has 0 saturated carbocycles. The van der Waals surface area contributed by atoms with Crippen molar-refractivity contribution in [1.29, 1.82) is 0 Å². The van der Waals surface area contributed by atoms with E-state index in [0.717, 1.165) is 5.56 Å². The Hall–Kier alpha value is -1.85. The average Bonchev–Trinajstić information content (AvgIpc) is 2.47. The number of nitrogens with one attached hydrogen (secondary N) is 1. The van der Waals surface area contributed by atoms with Crippen molar-refractivity contribution in [1.82, 2.24) is 10.6 Å². The fourth-order valence-corrected chi connectivity index (χ4v) is 0.846. The number of nitrogens with zero attached hydrogens (tertiary/aromatic N) is 2. The fourth-order valence-electron chi connectivity index (χ4n) is 0.846. The number of aromatic nitrogens is 1. The minimum absolute atomic E-state index is 0.595. The van der Waals surface area contributed by atoms with Crippen molar-refractivity contribution in [2.45, 2.75) is 13.8 Å². The molecule has 1 aromatic heterocycles. The number of primary amides is 1. The number of hydrogen-bond donors (Lipinski definition) is 2. The molecule has 6 heteroatoms. The van der Waals surface area contributed by atoms with Gasteiger partial charge in [0.2, 0.25) is 0 Å². The lowest BCUT2D eigenvalue weighted by Gasteiger charge is -1.96. The zero-order valence-corrected chi connectivity index (χ0v) is 7.37. The molecule has 0 saturated heterocycles. The van der Waals surface area contributed by atoms with E-state index in [-0.39, 0.29) is 0 Å². The zero-order chi connectivity index (χ0) is 9.84. The summed E-state index contributed by atoms with van der Waals surface area (Å²) in [6.07, 6.45) is 1.52. The number of rotatable bonds is 2. The standard InChI is InChI=1S/C7H10N4O2/c1-4(10-11-7(8)12)6-3-9-13-5(6)2/h3H,1-2H3,(H3,8,11,12). The monoisotopic (exact) mass is 182 g/mol. The second-order valence-electron chi connectivity index (χ2n) is 2.47.